The number of carbonyl (C=O) groups is 1. The Bertz CT molecular complexity index is 882. The van der Waals surface area contributed by atoms with E-state index in [0.29, 0.717) is 21.8 Å². The summed E-state index contributed by atoms with van der Waals surface area (Å²) in [6, 6.07) is 8.41. The van der Waals surface area contributed by atoms with E-state index in [-0.39, 0.29) is 11.4 Å². The Morgan fingerprint density at radius 1 is 1.37 bits per heavy atom. The van der Waals surface area contributed by atoms with Crippen molar-refractivity contribution in [2.75, 3.05) is 4.90 Å². The van der Waals surface area contributed by atoms with E-state index in [2.05, 4.69) is 22.5 Å². The van der Waals surface area contributed by atoms with Gasteiger partial charge in [0.1, 0.15) is 0 Å². The lowest BCUT2D eigenvalue weighted by atomic mass is 9.88. The third kappa shape index (κ3) is 3.97. The third-order valence-corrected chi connectivity index (χ3v) is 7.03. The molecule has 1 N–H and O–H groups in total. The summed E-state index contributed by atoms with van der Waals surface area (Å²) in [5, 5.41) is 9.82. The van der Waals surface area contributed by atoms with Crippen LogP contribution in [0.1, 0.15) is 51.0 Å². The number of hydrogen-bond donors (Lipinski definition) is 1. The first kappa shape index (κ1) is 19.1. The minimum atomic E-state index is -0.0695. The monoisotopic (exact) mass is 422 g/mol. The maximum atomic E-state index is 12.0. The van der Waals surface area contributed by atoms with Gasteiger partial charge in [-0.05, 0) is 55.6 Å². The van der Waals surface area contributed by atoms with Crippen LogP contribution >= 0.6 is 35.2 Å². The van der Waals surface area contributed by atoms with E-state index < -0.39 is 0 Å². The first-order valence-electron chi connectivity index (χ1n) is 9.37. The Morgan fingerprint density at radius 2 is 2.04 bits per heavy atom. The summed E-state index contributed by atoms with van der Waals surface area (Å²) in [6.45, 7) is 2.13. The predicted octanol–water partition coefficient (Wildman–Crippen LogP) is 4.86. The molecule has 0 unspecified atom stereocenters. The molecule has 2 saturated carbocycles. The fourth-order valence-electron chi connectivity index (χ4n) is 3.91. The molecule has 4 rings (SSSR count). The second-order valence-electron chi connectivity index (χ2n) is 7.40. The summed E-state index contributed by atoms with van der Waals surface area (Å²) in [7, 11) is 0. The van der Waals surface area contributed by atoms with Gasteiger partial charge in [0.15, 0.2) is 3.95 Å². The summed E-state index contributed by atoms with van der Waals surface area (Å²) in [5.74, 6) is 0.0368. The molecular weight excluding hydrogens is 400 g/mol. The van der Waals surface area contributed by atoms with Crippen LogP contribution < -0.4 is 10.2 Å². The highest BCUT2D eigenvalue weighted by atomic mass is 35.5. The van der Waals surface area contributed by atoms with E-state index in [0.717, 1.165) is 30.7 Å². The van der Waals surface area contributed by atoms with Gasteiger partial charge in [0.2, 0.25) is 11.0 Å². The Labute approximate surface area is 173 Å². The maximum Gasteiger partial charge on any atom is 0.225 e. The molecule has 0 radical (unpaired) electrons. The zero-order valence-electron chi connectivity index (χ0n) is 15.3. The number of aromatic nitrogens is 2. The molecule has 1 aromatic heterocycles. The number of carbonyl (C=O) groups excluding carboxylic acids is 1. The van der Waals surface area contributed by atoms with Gasteiger partial charge >= 0.3 is 0 Å². The Balaban J connectivity index is 1.54. The number of rotatable bonds is 6. The zero-order valence-corrected chi connectivity index (χ0v) is 17.7. The van der Waals surface area contributed by atoms with Crippen molar-refractivity contribution in [3.05, 3.63) is 38.8 Å². The molecule has 2 aliphatic rings. The van der Waals surface area contributed by atoms with Crippen molar-refractivity contribution < 1.29 is 4.79 Å². The molecule has 8 heteroatoms. The van der Waals surface area contributed by atoms with E-state index in [9.17, 15) is 4.79 Å². The topological polar surface area (TPSA) is 50.2 Å². The molecule has 144 valence electrons. The molecular formula is C19H23ClN4OS2. The van der Waals surface area contributed by atoms with Crippen LogP contribution in [0.15, 0.2) is 24.3 Å². The molecule has 2 aliphatic carbocycles. The van der Waals surface area contributed by atoms with Gasteiger partial charge in [-0.3, -0.25) is 15.0 Å². The third-order valence-electron chi connectivity index (χ3n) is 5.47. The molecule has 5 nitrogen and oxygen atoms in total. The van der Waals surface area contributed by atoms with E-state index in [4.69, 9.17) is 23.8 Å². The molecule has 1 amide bonds. The van der Waals surface area contributed by atoms with Crippen LogP contribution in [0.4, 0.5) is 5.13 Å². The molecule has 0 spiro atoms. The fraction of sp³-hybridized carbons (Fsp3) is 0.526. The van der Waals surface area contributed by atoms with Crippen LogP contribution in [0.5, 0.6) is 0 Å². The second-order valence-corrected chi connectivity index (χ2v) is 9.44. The van der Waals surface area contributed by atoms with E-state index in [1.54, 1.807) is 11.8 Å². The van der Waals surface area contributed by atoms with Crippen molar-refractivity contribution in [2.24, 2.45) is 0 Å². The van der Waals surface area contributed by atoms with Gasteiger partial charge in [-0.1, -0.05) is 47.9 Å². The minimum Gasteiger partial charge on any atom is -0.288 e. The van der Waals surface area contributed by atoms with Crippen molar-refractivity contribution in [3.63, 3.8) is 0 Å². The van der Waals surface area contributed by atoms with Crippen molar-refractivity contribution >= 4 is 46.2 Å². The van der Waals surface area contributed by atoms with Crippen LogP contribution in [-0.2, 0) is 17.0 Å². The summed E-state index contributed by atoms with van der Waals surface area (Å²) < 4.78 is 2.50. The number of nitrogens with zero attached hydrogens (tertiary/aromatic N) is 3. The van der Waals surface area contributed by atoms with Crippen LogP contribution in [0, 0.1) is 3.95 Å². The molecule has 2 aromatic rings. The van der Waals surface area contributed by atoms with Crippen molar-refractivity contribution in [1.29, 1.82) is 0 Å². The zero-order chi connectivity index (χ0) is 19.0. The molecule has 2 fully saturated rings. The average Bonchev–Trinajstić information content (AvgIpc) is 3.22. The first-order chi connectivity index (χ1) is 13.0. The highest BCUT2D eigenvalue weighted by Crippen LogP contribution is 2.39. The van der Waals surface area contributed by atoms with Crippen LogP contribution in [0.3, 0.4) is 0 Å². The normalized spacial score (nSPS) is 18.6. The maximum absolute atomic E-state index is 12.0. The summed E-state index contributed by atoms with van der Waals surface area (Å²) in [5.41, 5.74) is 1.19. The van der Waals surface area contributed by atoms with Crippen LogP contribution in [-0.4, -0.2) is 21.7 Å². The Kier molecular flexibility index (Phi) is 5.38. The second kappa shape index (κ2) is 7.62. The lowest BCUT2D eigenvalue weighted by molar-refractivity contribution is -0.116. The van der Waals surface area contributed by atoms with Crippen LogP contribution in [0.25, 0.3) is 0 Å². The van der Waals surface area contributed by atoms with Gasteiger partial charge in [0, 0.05) is 23.5 Å². The summed E-state index contributed by atoms with van der Waals surface area (Å²) in [6.07, 6.45) is 6.65. The Morgan fingerprint density at radius 3 is 2.63 bits per heavy atom. The number of halogens is 1. The van der Waals surface area contributed by atoms with Gasteiger partial charge in [0.05, 0.1) is 6.67 Å². The standard InChI is InChI=1S/C19H23ClN4OS2/c1-13(25)24(16-8-9-16)17-22-23(18(26)27-17)12-21-19(10-2-3-11-19)14-4-6-15(20)7-5-14/h4-7,16,21H,2-3,8-12H2,1H3. The highest BCUT2D eigenvalue weighted by molar-refractivity contribution is 7.73. The molecule has 1 aromatic carbocycles. The number of amides is 1. The number of nitrogens with one attached hydrogen (secondary N) is 1. The van der Waals surface area contributed by atoms with E-state index in [1.165, 1.54) is 29.7 Å². The van der Waals surface area contributed by atoms with Gasteiger partial charge in [-0.2, -0.15) is 0 Å². The van der Waals surface area contributed by atoms with Crippen molar-refractivity contribution in [2.45, 2.75) is 63.7 Å². The number of hydrogen-bond acceptors (Lipinski definition) is 5. The Hall–Kier alpha value is -1.28. The minimum absolute atomic E-state index is 0.0368. The molecule has 0 aliphatic heterocycles. The first-order valence-corrected chi connectivity index (χ1v) is 11.0. The average molecular weight is 423 g/mol. The quantitative estimate of drug-likeness (QED) is 0.675. The SMILES string of the molecule is CC(=O)N(c1nn(CNC2(c3ccc(Cl)cc3)CCCC2)c(=S)s1)C1CC1. The smallest absolute Gasteiger partial charge is 0.225 e. The molecule has 0 saturated heterocycles. The molecule has 1 heterocycles. The number of anilines is 1. The van der Waals surface area contributed by atoms with E-state index in [1.807, 2.05) is 16.8 Å². The van der Waals surface area contributed by atoms with Crippen molar-refractivity contribution in [1.82, 2.24) is 15.1 Å². The van der Waals surface area contributed by atoms with Gasteiger partial charge in [0.25, 0.3) is 0 Å². The van der Waals surface area contributed by atoms with Gasteiger partial charge in [-0.25, -0.2) is 4.68 Å². The predicted molar refractivity (Wildman–Crippen MR) is 112 cm³/mol. The fourth-order valence-corrected chi connectivity index (χ4v) is 5.25. The molecule has 0 bridgehead atoms. The van der Waals surface area contributed by atoms with Crippen LogP contribution in [0.2, 0.25) is 5.02 Å². The highest BCUT2D eigenvalue weighted by Gasteiger charge is 2.36. The molecule has 0 atom stereocenters. The lowest BCUT2D eigenvalue weighted by Gasteiger charge is -2.31. The largest absolute Gasteiger partial charge is 0.288 e. The van der Waals surface area contributed by atoms with E-state index >= 15 is 0 Å². The summed E-state index contributed by atoms with van der Waals surface area (Å²) >= 11 is 13.0. The summed E-state index contributed by atoms with van der Waals surface area (Å²) in [4.78, 5) is 13.8. The molecule has 27 heavy (non-hydrogen) atoms. The number of benzene rings is 1. The van der Waals surface area contributed by atoms with Crippen molar-refractivity contribution in [3.8, 4) is 0 Å². The van der Waals surface area contributed by atoms with Gasteiger partial charge < -0.3 is 0 Å². The lowest BCUT2D eigenvalue weighted by Crippen LogP contribution is -2.41. The van der Waals surface area contributed by atoms with Gasteiger partial charge in [-0.15, -0.1) is 5.10 Å².